The Labute approximate surface area is 423 Å². The van der Waals surface area contributed by atoms with E-state index in [0.717, 1.165) is 55.7 Å². The van der Waals surface area contributed by atoms with Crippen molar-refractivity contribution in [2.45, 2.75) is 24.8 Å². The van der Waals surface area contributed by atoms with Crippen LogP contribution in [0.3, 0.4) is 0 Å². The van der Waals surface area contributed by atoms with Gasteiger partial charge in [-0.3, -0.25) is 14.4 Å². The molecule has 0 saturated heterocycles. The van der Waals surface area contributed by atoms with Crippen LogP contribution >= 0.6 is 0 Å². The molecule has 0 fully saturated rings. The van der Waals surface area contributed by atoms with E-state index in [1.165, 1.54) is 13.8 Å². The smallest absolute Gasteiger partial charge is 0.269 e. The van der Waals surface area contributed by atoms with Crippen LogP contribution in [0.4, 0.5) is 11.4 Å². The summed E-state index contributed by atoms with van der Waals surface area (Å²) in [5, 5.41) is 4.29. The van der Waals surface area contributed by atoms with Crippen LogP contribution in [0.1, 0.15) is 33.2 Å². The molecule has 4 aromatic heterocycles. The molecule has 1 atom stereocenters. The van der Waals surface area contributed by atoms with Gasteiger partial charge in [-0.05, 0) is 85.6 Å². The van der Waals surface area contributed by atoms with E-state index >= 15 is 0 Å². The number of nitrogens with one attached hydrogen (secondary N) is 2. The molecule has 0 spiro atoms. The Morgan fingerprint density at radius 3 is 1.82 bits per heavy atom. The van der Waals surface area contributed by atoms with E-state index in [0.29, 0.717) is 44.8 Å². The molecule has 9 rings (SSSR count). The van der Waals surface area contributed by atoms with Gasteiger partial charge in [0.05, 0.1) is 42.0 Å². The average molecular weight is 998 g/mol. The SMILES string of the molecule is COc1ccccc1-c1c[nH]c2ncc(-c3ccc(NC(=O)[C@H](C)N)c(C(=O)N(C)C)c3)cc12.COc1ccccc1-c1cn(S(=O)(=O)c2ccc(C)cc2)c2ncc(-c3ccc(N)c(C(=O)N(C)C)c3)cc12. The minimum atomic E-state index is -3.95. The van der Waals surface area contributed by atoms with E-state index < -0.39 is 16.1 Å². The average Bonchev–Trinajstić information content (AvgIpc) is 4.00. The fourth-order valence-electron chi connectivity index (χ4n) is 8.24. The molecule has 6 N–H and O–H groups in total. The Morgan fingerprint density at radius 1 is 0.671 bits per heavy atom. The van der Waals surface area contributed by atoms with E-state index in [2.05, 4.69) is 20.3 Å². The number of amides is 3. The van der Waals surface area contributed by atoms with Gasteiger partial charge < -0.3 is 41.0 Å². The second-order valence-electron chi connectivity index (χ2n) is 17.7. The maximum atomic E-state index is 13.8. The van der Waals surface area contributed by atoms with E-state index in [1.54, 1.807) is 116 Å². The summed E-state index contributed by atoms with van der Waals surface area (Å²) < 4.78 is 39.9. The quantitative estimate of drug-likeness (QED) is 0.0846. The lowest BCUT2D eigenvalue weighted by atomic mass is 9.99. The molecular weight excluding hydrogens is 943 g/mol. The van der Waals surface area contributed by atoms with Crippen molar-refractivity contribution in [3.05, 3.63) is 163 Å². The van der Waals surface area contributed by atoms with Crippen molar-refractivity contribution in [3.8, 4) is 56.0 Å². The molecular formula is C56H55N9O7S. The number of pyridine rings is 2. The number of anilines is 2. The topological polar surface area (TPSA) is 221 Å². The first kappa shape index (κ1) is 50.6. The fourth-order valence-corrected chi connectivity index (χ4v) is 9.56. The summed E-state index contributed by atoms with van der Waals surface area (Å²) in [5.41, 5.74) is 21.6. The van der Waals surface area contributed by atoms with Gasteiger partial charge in [-0.15, -0.1) is 0 Å². The number of nitrogens with two attached hydrogens (primary N) is 2. The monoisotopic (exact) mass is 997 g/mol. The van der Waals surface area contributed by atoms with Crippen molar-refractivity contribution in [1.29, 1.82) is 0 Å². The Kier molecular flexibility index (Phi) is 14.5. The molecule has 0 aliphatic rings. The number of methoxy groups -OCH3 is 2. The maximum absolute atomic E-state index is 13.8. The highest BCUT2D eigenvalue weighted by Gasteiger charge is 2.25. The molecule has 73 heavy (non-hydrogen) atoms. The Bertz CT molecular complexity index is 3680. The van der Waals surface area contributed by atoms with Crippen molar-refractivity contribution < 1.29 is 32.3 Å². The van der Waals surface area contributed by atoms with Gasteiger partial charge in [0.1, 0.15) is 17.1 Å². The zero-order valence-electron chi connectivity index (χ0n) is 41.6. The van der Waals surface area contributed by atoms with Crippen LogP contribution in [0, 0.1) is 6.92 Å². The Balaban J connectivity index is 0.000000197. The van der Waals surface area contributed by atoms with Crippen molar-refractivity contribution in [1.82, 2.24) is 28.7 Å². The lowest BCUT2D eigenvalue weighted by Crippen LogP contribution is -2.33. The van der Waals surface area contributed by atoms with Gasteiger partial charge >= 0.3 is 0 Å². The first-order valence-corrected chi connectivity index (χ1v) is 24.5. The third-order valence-corrected chi connectivity index (χ3v) is 13.9. The van der Waals surface area contributed by atoms with Crippen molar-refractivity contribution in [2.24, 2.45) is 5.73 Å². The first-order chi connectivity index (χ1) is 34.9. The van der Waals surface area contributed by atoms with Gasteiger partial charge in [0.15, 0.2) is 5.65 Å². The first-order valence-electron chi connectivity index (χ1n) is 23.0. The molecule has 9 aromatic rings. The summed E-state index contributed by atoms with van der Waals surface area (Å²) in [6.07, 6.45) is 6.85. The second-order valence-corrected chi connectivity index (χ2v) is 19.5. The summed E-state index contributed by atoms with van der Waals surface area (Å²) in [4.78, 5) is 53.3. The maximum Gasteiger partial charge on any atom is 0.269 e. The largest absolute Gasteiger partial charge is 0.496 e. The number of fused-ring (bicyclic) bond motifs is 2. The number of carbonyl (C=O) groups excluding carboxylic acids is 3. The van der Waals surface area contributed by atoms with Crippen molar-refractivity contribution in [3.63, 3.8) is 0 Å². The number of H-pyrrole nitrogens is 1. The molecule has 372 valence electrons. The molecule has 17 heteroatoms. The van der Waals surface area contributed by atoms with Crippen LogP contribution in [-0.2, 0) is 14.8 Å². The number of carbonyl (C=O) groups is 3. The Morgan fingerprint density at radius 2 is 1.22 bits per heavy atom. The zero-order chi connectivity index (χ0) is 52.3. The van der Waals surface area contributed by atoms with Gasteiger partial charge in [0.25, 0.3) is 21.8 Å². The number of benzene rings is 5. The number of nitrogens with zero attached hydrogens (tertiary/aromatic N) is 5. The predicted octanol–water partition coefficient (Wildman–Crippen LogP) is 9.10. The van der Waals surface area contributed by atoms with E-state index in [-0.39, 0.29) is 28.3 Å². The number of hydrogen-bond donors (Lipinski definition) is 4. The number of rotatable bonds is 12. The summed E-state index contributed by atoms with van der Waals surface area (Å²) in [5.74, 6) is 0.556. The normalized spacial score (nSPS) is 11.6. The molecule has 0 aliphatic heterocycles. The second kappa shape index (κ2) is 20.9. The van der Waals surface area contributed by atoms with Gasteiger partial charge in [0.2, 0.25) is 5.91 Å². The number of ether oxygens (including phenoxy) is 2. The number of hydrogen-bond acceptors (Lipinski definition) is 11. The van der Waals surface area contributed by atoms with E-state index in [1.807, 2.05) is 85.9 Å². The van der Waals surface area contributed by atoms with Crippen molar-refractivity contribution >= 4 is 61.2 Å². The molecule has 0 unspecified atom stereocenters. The standard InChI is InChI=1S/C30H28N4O4S.C26H27N5O3/c1-19-9-12-22(13-10-19)39(36,37)34-18-26(23-7-5-6-8-28(23)38-4)24-16-21(17-32-29(24)34)20-11-14-27(31)25(15-20)30(35)33(2)3;1-15(27)25(32)30-22-10-9-16(11-20(22)26(33)31(2)3)17-12-19-21(14-29-24(19)28-13-17)18-7-5-6-8-23(18)34-4/h5-18H,31H2,1-4H3;5-15H,27H2,1-4H3,(H,28,29)(H,30,32)/t;15-/m.0/s1. The zero-order valence-corrected chi connectivity index (χ0v) is 42.4. The van der Waals surface area contributed by atoms with Gasteiger partial charge in [-0.25, -0.2) is 22.4 Å². The lowest BCUT2D eigenvalue weighted by molar-refractivity contribution is -0.117. The summed E-state index contributed by atoms with van der Waals surface area (Å²) in [7, 11) is 5.93. The summed E-state index contributed by atoms with van der Waals surface area (Å²) in [6, 6.07) is 35.7. The van der Waals surface area contributed by atoms with Crippen LogP contribution < -0.4 is 26.3 Å². The number of aromatic amines is 1. The van der Waals surface area contributed by atoms with E-state index in [4.69, 9.17) is 20.9 Å². The highest BCUT2D eigenvalue weighted by molar-refractivity contribution is 7.90. The molecule has 16 nitrogen and oxygen atoms in total. The summed E-state index contributed by atoms with van der Waals surface area (Å²) in [6.45, 7) is 3.49. The number of aryl methyl sites for hydroxylation is 1. The van der Waals surface area contributed by atoms with Crippen LogP contribution in [0.15, 0.2) is 151 Å². The lowest BCUT2D eigenvalue weighted by Gasteiger charge is -2.17. The third-order valence-electron chi connectivity index (χ3n) is 12.2. The molecule has 5 aromatic carbocycles. The molecule has 0 saturated carbocycles. The number of aromatic nitrogens is 4. The molecule has 0 bridgehead atoms. The van der Waals surface area contributed by atoms with Gasteiger partial charge in [-0.1, -0.05) is 66.2 Å². The minimum Gasteiger partial charge on any atom is -0.496 e. The van der Waals surface area contributed by atoms with Crippen LogP contribution in [-0.4, -0.2) is 103 Å². The highest BCUT2D eigenvalue weighted by Crippen LogP contribution is 2.40. The third kappa shape index (κ3) is 10.2. The van der Waals surface area contributed by atoms with E-state index in [9.17, 15) is 22.8 Å². The Hall–Kier alpha value is -8.80. The molecule has 3 amide bonds. The molecule has 0 aliphatic carbocycles. The van der Waals surface area contributed by atoms with Crippen LogP contribution in [0.5, 0.6) is 11.5 Å². The minimum absolute atomic E-state index is 0.160. The highest BCUT2D eigenvalue weighted by atomic mass is 32.2. The molecule has 0 radical (unpaired) electrons. The molecule has 4 heterocycles. The number of para-hydroxylation sites is 2. The fraction of sp³-hybridized carbons (Fsp3) is 0.161. The predicted molar refractivity (Wildman–Crippen MR) is 287 cm³/mol. The van der Waals surface area contributed by atoms with Crippen LogP contribution in [0.2, 0.25) is 0 Å². The van der Waals surface area contributed by atoms with Gasteiger partial charge in [-0.2, -0.15) is 0 Å². The van der Waals surface area contributed by atoms with Crippen LogP contribution in [0.25, 0.3) is 66.6 Å². The number of nitrogen functional groups attached to an aromatic ring is 1. The van der Waals surface area contributed by atoms with Crippen molar-refractivity contribution in [2.75, 3.05) is 53.5 Å². The summed E-state index contributed by atoms with van der Waals surface area (Å²) >= 11 is 0. The van der Waals surface area contributed by atoms with Gasteiger partial charge in [0, 0.05) is 103 Å².